The lowest BCUT2D eigenvalue weighted by molar-refractivity contribution is -0.139. The molecule has 140 valence electrons. The molecular formula is C17H21N3O6. The van der Waals surface area contributed by atoms with Crippen molar-refractivity contribution in [2.24, 2.45) is 0 Å². The molecule has 1 unspecified atom stereocenters. The van der Waals surface area contributed by atoms with E-state index in [2.05, 4.69) is 15.6 Å². The average Bonchev–Trinajstić information content (AvgIpc) is 2.65. The van der Waals surface area contributed by atoms with Gasteiger partial charge in [-0.3, -0.25) is 0 Å². The minimum Gasteiger partial charge on any atom is -0.481 e. The van der Waals surface area contributed by atoms with E-state index < -0.39 is 24.0 Å². The number of urea groups is 1. The topological polar surface area (TPSA) is 116 Å². The molecule has 1 aromatic heterocycles. The van der Waals surface area contributed by atoms with Crippen LogP contribution in [0.5, 0.6) is 5.88 Å². The van der Waals surface area contributed by atoms with Crippen molar-refractivity contribution < 1.29 is 28.6 Å². The molecule has 0 spiro atoms. The van der Waals surface area contributed by atoms with Gasteiger partial charge in [0.15, 0.2) is 0 Å². The number of esters is 2. The molecule has 1 aliphatic heterocycles. The lowest BCUT2D eigenvalue weighted by Gasteiger charge is -2.28. The first kappa shape index (κ1) is 19.2. The first-order valence-electron chi connectivity index (χ1n) is 8.14. The number of ether oxygens (including phenoxy) is 3. The number of hydrogen-bond acceptors (Lipinski definition) is 7. The summed E-state index contributed by atoms with van der Waals surface area (Å²) in [6.45, 7) is 3.42. The van der Waals surface area contributed by atoms with Gasteiger partial charge in [-0.15, -0.1) is 0 Å². The Morgan fingerprint density at radius 3 is 2.54 bits per heavy atom. The maximum Gasteiger partial charge on any atom is 0.340 e. The van der Waals surface area contributed by atoms with Gasteiger partial charge in [0.25, 0.3) is 0 Å². The zero-order chi connectivity index (χ0) is 19.1. The third kappa shape index (κ3) is 4.50. The van der Waals surface area contributed by atoms with Gasteiger partial charge >= 0.3 is 18.0 Å². The van der Waals surface area contributed by atoms with Gasteiger partial charge in [-0.1, -0.05) is 6.92 Å². The van der Waals surface area contributed by atoms with E-state index in [4.69, 9.17) is 14.2 Å². The molecule has 1 atom stereocenters. The maximum absolute atomic E-state index is 12.2. The molecule has 2 rings (SSSR count). The second-order valence-electron chi connectivity index (χ2n) is 5.34. The smallest absolute Gasteiger partial charge is 0.340 e. The minimum absolute atomic E-state index is 0.192. The van der Waals surface area contributed by atoms with Crippen molar-refractivity contribution in [2.45, 2.75) is 26.3 Å². The van der Waals surface area contributed by atoms with Crippen molar-refractivity contribution in [2.75, 3.05) is 20.3 Å². The molecule has 0 aromatic carbocycles. The van der Waals surface area contributed by atoms with E-state index in [0.717, 1.165) is 0 Å². The second-order valence-corrected chi connectivity index (χ2v) is 5.34. The maximum atomic E-state index is 12.2. The molecule has 26 heavy (non-hydrogen) atoms. The van der Waals surface area contributed by atoms with Gasteiger partial charge in [0.05, 0.1) is 36.6 Å². The van der Waals surface area contributed by atoms with E-state index in [1.807, 2.05) is 6.92 Å². The van der Waals surface area contributed by atoms with Gasteiger partial charge in [-0.2, -0.15) is 0 Å². The second kappa shape index (κ2) is 8.84. The number of nitrogens with zero attached hydrogens (tertiary/aromatic N) is 1. The van der Waals surface area contributed by atoms with E-state index >= 15 is 0 Å². The van der Waals surface area contributed by atoms with Crippen molar-refractivity contribution in [1.82, 2.24) is 15.6 Å². The lowest BCUT2D eigenvalue weighted by atomic mass is 10.0. The normalized spacial score (nSPS) is 16.4. The van der Waals surface area contributed by atoms with Gasteiger partial charge in [0.1, 0.15) is 6.61 Å². The third-order valence-corrected chi connectivity index (χ3v) is 3.68. The zero-order valence-electron chi connectivity index (χ0n) is 14.8. The molecule has 0 aliphatic carbocycles. The van der Waals surface area contributed by atoms with Gasteiger partial charge in [0.2, 0.25) is 5.88 Å². The highest BCUT2D eigenvalue weighted by Gasteiger charge is 2.32. The van der Waals surface area contributed by atoms with Gasteiger partial charge < -0.3 is 24.8 Å². The van der Waals surface area contributed by atoms with Gasteiger partial charge in [-0.25, -0.2) is 19.4 Å². The van der Waals surface area contributed by atoms with Gasteiger partial charge in [-0.05, 0) is 19.4 Å². The van der Waals surface area contributed by atoms with Crippen LogP contribution in [0.2, 0.25) is 0 Å². The Morgan fingerprint density at radius 1 is 1.19 bits per heavy atom. The van der Waals surface area contributed by atoms with E-state index in [1.165, 1.54) is 25.4 Å². The summed E-state index contributed by atoms with van der Waals surface area (Å²) in [6, 6.07) is 2.05. The Hall–Kier alpha value is -3.10. The van der Waals surface area contributed by atoms with Crippen LogP contribution in [0.25, 0.3) is 0 Å². The molecule has 9 nitrogen and oxygen atoms in total. The van der Waals surface area contributed by atoms with Crippen molar-refractivity contribution in [3.63, 3.8) is 0 Å². The summed E-state index contributed by atoms with van der Waals surface area (Å²) in [7, 11) is 1.47. The van der Waals surface area contributed by atoms with Crippen LogP contribution in [0.4, 0.5) is 4.79 Å². The summed E-state index contributed by atoms with van der Waals surface area (Å²) in [4.78, 5) is 40.1. The summed E-state index contributed by atoms with van der Waals surface area (Å²) >= 11 is 0. The van der Waals surface area contributed by atoms with Crippen LogP contribution in [0.15, 0.2) is 29.6 Å². The van der Waals surface area contributed by atoms with Crippen molar-refractivity contribution in [3.05, 3.63) is 35.2 Å². The third-order valence-electron chi connectivity index (χ3n) is 3.68. The highest BCUT2D eigenvalue weighted by Crippen LogP contribution is 2.18. The molecule has 9 heteroatoms. The molecule has 2 amide bonds. The number of carbonyl (C=O) groups is 3. The average molecular weight is 363 g/mol. The predicted octanol–water partition coefficient (Wildman–Crippen LogP) is 1.16. The number of carbonyl (C=O) groups excluding carboxylic acids is 3. The Balaban J connectivity index is 2.17. The first-order chi connectivity index (χ1) is 12.5. The fourth-order valence-corrected chi connectivity index (χ4v) is 2.42. The number of amides is 2. The van der Waals surface area contributed by atoms with Crippen LogP contribution in [0.3, 0.4) is 0 Å². The van der Waals surface area contributed by atoms with E-state index in [9.17, 15) is 14.4 Å². The summed E-state index contributed by atoms with van der Waals surface area (Å²) < 4.78 is 15.2. The van der Waals surface area contributed by atoms with Crippen LogP contribution in [0, 0.1) is 0 Å². The van der Waals surface area contributed by atoms with Crippen LogP contribution in [0.1, 0.15) is 30.6 Å². The molecule has 2 N–H and O–H groups in total. The zero-order valence-corrected chi connectivity index (χ0v) is 14.8. The molecule has 0 saturated carbocycles. The van der Waals surface area contributed by atoms with Crippen molar-refractivity contribution in [3.8, 4) is 5.88 Å². The summed E-state index contributed by atoms with van der Waals surface area (Å²) in [6.07, 6.45) is 1.80. The SMILES string of the molecule is CCOC(=O)C1=C(COC(=O)c2ccc(OC)nc2)NC(=O)NC1CC. The van der Waals surface area contributed by atoms with Gasteiger partial charge in [0, 0.05) is 12.3 Å². The molecule has 0 bridgehead atoms. The van der Waals surface area contributed by atoms with E-state index in [0.29, 0.717) is 12.3 Å². The fourth-order valence-electron chi connectivity index (χ4n) is 2.42. The minimum atomic E-state index is -0.642. The molecule has 2 heterocycles. The number of hydrogen-bond donors (Lipinski definition) is 2. The highest BCUT2D eigenvalue weighted by atomic mass is 16.5. The summed E-state index contributed by atoms with van der Waals surface area (Å²) in [5.74, 6) is -0.842. The number of methoxy groups -OCH3 is 1. The first-order valence-corrected chi connectivity index (χ1v) is 8.14. The quantitative estimate of drug-likeness (QED) is 0.698. The largest absolute Gasteiger partial charge is 0.481 e. The molecule has 1 aromatic rings. The molecular weight excluding hydrogens is 342 g/mol. The number of aromatic nitrogens is 1. The summed E-state index contributed by atoms with van der Waals surface area (Å²) in [5.41, 5.74) is 0.667. The predicted molar refractivity (Wildman–Crippen MR) is 90.5 cm³/mol. The Morgan fingerprint density at radius 2 is 1.96 bits per heavy atom. The van der Waals surface area contributed by atoms with Crippen molar-refractivity contribution in [1.29, 1.82) is 0 Å². The van der Waals surface area contributed by atoms with Crippen LogP contribution in [-0.4, -0.2) is 49.3 Å². The number of pyridine rings is 1. The number of nitrogens with one attached hydrogen (secondary N) is 2. The summed E-state index contributed by atoms with van der Waals surface area (Å²) in [5, 5.41) is 5.16. The van der Waals surface area contributed by atoms with Crippen LogP contribution >= 0.6 is 0 Å². The Labute approximate surface area is 150 Å². The Bertz CT molecular complexity index is 714. The van der Waals surface area contributed by atoms with E-state index in [-0.39, 0.29) is 30.0 Å². The Kier molecular flexibility index (Phi) is 6.54. The monoisotopic (exact) mass is 363 g/mol. The molecule has 0 radical (unpaired) electrons. The van der Waals surface area contributed by atoms with E-state index in [1.54, 1.807) is 6.92 Å². The molecule has 0 saturated heterocycles. The van der Waals surface area contributed by atoms with Crippen LogP contribution in [-0.2, 0) is 14.3 Å². The standard InChI is InChI=1S/C17H21N3O6/c1-4-11-14(16(22)25-5-2)12(20-17(23)19-11)9-26-15(21)10-6-7-13(24-3)18-8-10/h6-8,11H,4-5,9H2,1-3H3,(H2,19,20,23). The fraction of sp³-hybridized carbons (Fsp3) is 0.412. The number of rotatable bonds is 7. The highest BCUT2D eigenvalue weighted by molar-refractivity contribution is 5.95. The molecule has 1 aliphatic rings. The molecule has 0 fully saturated rings. The van der Waals surface area contributed by atoms with Crippen molar-refractivity contribution >= 4 is 18.0 Å². The lowest BCUT2D eigenvalue weighted by Crippen LogP contribution is -2.51. The van der Waals surface area contributed by atoms with Crippen LogP contribution < -0.4 is 15.4 Å².